The molecule has 0 radical (unpaired) electrons. The summed E-state index contributed by atoms with van der Waals surface area (Å²) in [6.45, 7) is 9.01. The summed E-state index contributed by atoms with van der Waals surface area (Å²) in [7, 11) is 0. The molecule has 7 nitrogen and oxygen atoms in total. The van der Waals surface area contributed by atoms with Gasteiger partial charge in [0.15, 0.2) is 0 Å². The van der Waals surface area contributed by atoms with E-state index < -0.39 is 17.7 Å². The number of nitrogens with one attached hydrogen (secondary N) is 1. The molecule has 0 spiro atoms. The maximum Gasteiger partial charge on any atom is 0.412 e. The van der Waals surface area contributed by atoms with Crippen LogP contribution in [0.4, 0.5) is 4.79 Å². The average Bonchev–Trinajstić information content (AvgIpc) is 2.74. The van der Waals surface area contributed by atoms with E-state index in [2.05, 4.69) is 10.4 Å². The number of amides is 1. The number of aliphatic carboxylic acids is 1. The zero-order valence-electron chi connectivity index (χ0n) is 12.9. The van der Waals surface area contributed by atoms with Crippen LogP contribution in [0.2, 0.25) is 0 Å². The number of carboxylic acid groups (broad SMARTS) is 1. The van der Waals surface area contributed by atoms with Crippen molar-refractivity contribution in [2.45, 2.75) is 46.3 Å². The molecule has 0 fully saturated rings. The zero-order valence-corrected chi connectivity index (χ0v) is 12.9. The Morgan fingerprint density at radius 1 is 1.43 bits per heavy atom. The second-order valence-electron chi connectivity index (χ2n) is 5.84. The third-order valence-corrected chi connectivity index (χ3v) is 2.33. The van der Waals surface area contributed by atoms with Gasteiger partial charge in [-0.2, -0.15) is 5.10 Å². The lowest BCUT2D eigenvalue weighted by Crippen LogP contribution is -2.34. The Balaban J connectivity index is 2.88. The van der Waals surface area contributed by atoms with Gasteiger partial charge >= 0.3 is 12.1 Å². The van der Waals surface area contributed by atoms with Crippen LogP contribution in [-0.4, -0.2) is 32.6 Å². The molecule has 2 N–H and O–H groups in total. The molecule has 1 heterocycles. The van der Waals surface area contributed by atoms with Crippen molar-refractivity contribution in [1.29, 1.82) is 0 Å². The van der Waals surface area contributed by atoms with E-state index in [1.54, 1.807) is 31.6 Å². The number of carboxylic acids is 1. The Morgan fingerprint density at radius 3 is 2.48 bits per heavy atom. The van der Waals surface area contributed by atoms with Crippen molar-refractivity contribution >= 4 is 18.1 Å². The summed E-state index contributed by atoms with van der Waals surface area (Å²) in [5, 5.41) is 15.5. The van der Waals surface area contributed by atoms with Gasteiger partial charge in [-0.15, -0.1) is 0 Å². The fourth-order valence-corrected chi connectivity index (χ4v) is 1.44. The molecule has 0 aliphatic rings. The molecule has 0 unspecified atom stereocenters. The summed E-state index contributed by atoms with van der Waals surface area (Å²) in [4.78, 5) is 22.8. The first-order valence-corrected chi connectivity index (χ1v) is 6.57. The van der Waals surface area contributed by atoms with Gasteiger partial charge in [-0.3, -0.25) is 10.00 Å². The van der Waals surface area contributed by atoms with Crippen LogP contribution in [0.15, 0.2) is 18.1 Å². The lowest BCUT2D eigenvalue weighted by atomic mass is 10.2. The Labute approximate surface area is 123 Å². The van der Waals surface area contributed by atoms with Crippen molar-refractivity contribution < 1.29 is 19.4 Å². The van der Waals surface area contributed by atoms with Crippen molar-refractivity contribution in [3.05, 3.63) is 23.7 Å². The minimum Gasteiger partial charge on any atom is -0.477 e. The number of nitrogens with zero attached hydrogens (tertiary/aromatic N) is 2. The predicted octanol–water partition coefficient (Wildman–Crippen LogP) is 2.41. The number of carbonyl (C=O) groups excluding carboxylic acids is 1. The van der Waals surface area contributed by atoms with Gasteiger partial charge in [-0.05, 0) is 40.7 Å². The smallest absolute Gasteiger partial charge is 0.412 e. The van der Waals surface area contributed by atoms with Gasteiger partial charge in [0.2, 0.25) is 0 Å². The Hall–Kier alpha value is -2.31. The van der Waals surface area contributed by atoms with Crippen molar-refractivity contribution in [3.8, 4) is 0 Å². The van der Waals surface area contributed by atoms with Crippen molar-refractivity contribution in [2.24, 2.45) is 0 Å². The van der Waals surface area contributed by atoms with Crippen molar-refractivity contribution in [3.63, 3.8) is 0 Å². The molecular weight excluding hydrogens is 274 g/mol. The summed E-state index contributed by atoms with van der Waals surface area (Å²) < 4.78 is 6.72. The molecule has 0 aromatic carbocycles. The first-order chi connectivity index (χ1) is 9.58. The van der Waals surface area contributed by atoms with Crippen LogP contribution >= 0.6 is 0 Å². The molecule has 0 saturated heterocycles. The standard InChI is InChI=1S/C14H21N3O4/c1-9(2)17-8-10(7-15-17)6-11(12(18)19)16-13(20)21-14(3,4)5/h6-9H,1-5H3,(H,16,20)(H,18,19)/b11-6+. The first kappa shape index (κ1) is 16.7. The fraction of sp³-hybridized carbons (Fsp3) is 0.500. The molecule has 1 rings (SSSR count). The van der Waals surface area contributed by atoms with E-state index in [-0.39, 0.29) is 11.7 Å². The van der Waals surface area contributed by atoms with Gasteiger partial charge in [-0.1, -0.05) is 0 Å². The maximum atomic E-state index is 11.6. The largest absolute Gasteiger partial charge is 0.477 e. The number of hydrogen-bond donors (Lipinski definition) is 2. The van der Waals surface area contributed by atoms with E-state index in [9.17, 15) is 9.59 Å². The quantitative estimate of drug-likeness (QED) is 0.832. The highest BCUT2D eigenvalue weighted by atomic mass is 16.6. The predicted molar refractivity (Wildman–Crippen MR) is 77.6 cm³/mol. The summed E-state index contributed by atoms with van der Waals surface area (Å²) in [6.07, 6.45) is 3.75. The van der Waals surface area contributed by atoms with Gasteiger partial charge in [0.25, 0.3) is 0 Å². The summed E-state index contributed by atoms with van der Waals surface area (Å²) in [5.74, 6) is -1.25. The zero-order chi connectivity index (χ0) is 16.2. The minimum atomic E-state index is -1.25. The molecule has 1 amide bonds. The van der Waals surface area contributed by atoms with Crippen molar-refractivity contribution in [2.75, 3.05) is 0 Å². The van der Waals surface area contributed by atoms with E-state index in [4.69, 9.17) is 9.84 Å². The second kappa shape index (κ2) is 6.43. The van der Waals surface area contributed by atoms with Crippen LogP contribution in [0, 0.1) is 0 Å². The Kier molecular flexibility index (Phi) is 5.12. The van der Waals surface area contributed by atoms with Crippen LogP contribution in [0.1, 0.15) is 46.2 Å². The second-order valence-corrected chi connectivity index (χ2v) is 5.84. The molecule has 0 bridgehead atoms. The van der Waals surface area contributed by atoms with Gasteiger partial charge in [0, 0.05) is 17.8 Å². The fourth-order valence-electron chi connectivity index (χ4n) is 1.44. The molecule has 1 aromatic heterocycles. The lowest BCUT2D eigenvalue weighted by molar-refractivity contribution is -0.133. The number of rotatable bonds is 4. The highest BCUT2D eigenvalue weighted by molar-refractivity contribution is 5.95. The average molecular weight is 295 g/mol. The molecule has 21 heavy (non-hydrogen) atoms. The summed E-state index contributed by atoms with van der Waals surface area (Å²) in [5.41, 5.74) is -0.388. The maximum absolute atomic E-state index is 11.6. The van der Waals surface area contributed by atoms with E-state index in [1.807, 2.05) is 13.8 Å². The van der Waals surface area contributed by atoms with Gasteiger partial charge in [-0.25, -0.2) is 9.59 Å². The van der Waals surface area contributed by atoms with Crippen LogP contribution in [0.25, 0.3) is 6.08 Å². The number of hydrogen-bond acceptors (Lipinski definition) is 4. The number of aromatic nitrogens is 2. The third kappa shape index (κ3) is 5.68. The highest BCUT2D eigenvalue weighted by Crippen LogP contribution is 2.10. The Bertz CT molecular complexity index is 553. The number of alkyl carbamates (subject to hydrolysis) is 1. The van der Waals surface area contributed by atoms with Crippen LogP contribution < -0.4 is 5.32 Å². The first-order valence-electron chi connectivity index (χ1n) is 6.57. The topological polar surface area (TPSA) is 93.5 Å². The van der Waals surface area contributed by atoms with E-state index in [1.165, 1.54) is 12.3 Å². The van der Waals surface area contributed by atoms with E-state index in [0.29, 0.717) is 5.56 Å². The Morgan fingerprint density at radius 2 is 2.05 bits per heavy atom. The van der Waals surface area contributed by atoms with Gasteiger partial charge < -0.3 is 9.84 Å². The van der Waals surface area contributed by atoms with E-state index >= 15 is 0 Å². The van der Waals surface area contributed by atoms with Gasteiger partial charge in [0.05, 0.1) is 6.20 Å². The molecule has 1 aromatic rings. The van der Waals surface area contributed by atoms with Gasteiger partial charge in [0.1, 0.15) is 11.3 Å². The number of ether oxygens (including phenoxy) is 1. The SMILES string of the molecule is CC(C)n1cc(/C=C(/NC(=O)OC(C)(C)C)C(=O)O)cn1. The molecule has 116 valence electrons. The van der Waals surface area contributed by atoms with Crippen LogP contribution in [-0.2, 0) is 9.53 Å². The monoisotopic (exact) mass is 295 g/mol. The van der Waals surface area contributed by atoms with Crippen LogP contribution in [0.5, 0.6) is 0 Å². The number of carbonyl (C=O) groups is 2. The molecular formula is C14H21N3O4. The molecule has 0 atom stereocenters. The minimum absolute atomic E-state index is 0.166. The lowest BCUT2D eigenvalue weighted by Gasteiger charge is -2.19. The van der Waals surface area contributed by atoms with Crippen molar-refractivity contribution in [1.82, 2.24) is 15.1 Å². The third-order valence-electron chi connectivity index (χ3n) is 2.33. The van der Waals surface area contributed by atoms with E-state index in [0.717, 1.165) is 0 Å². The normalized spacial score (nSPS) is 12.4. The molecule has 0 saturated carbocycles. The molecule has 7 heteroatoms. The summed E-state index contributed by atoms with van der Waals surface area (Å²) >= 11 is 0. The van der Waals surface area contributed by atoms with Crippen LogP contribution in [0.3, 0.4) is 0 Å². The molecule has 0 aliphatic heterocycles. The molecule has 0 aliphatic carbocycles. The summed E-state index contributed by atoms with van der Waals surface area (Å²) in [6, 6.07) is 0.166. The highest BCUT2D eigenvalue weighted by Gasteiger charge is 2.19.